The summed E-state index contributed by atoms with van der Waals surface area (Å²) < 4.78 is 0. The number of carbonyl (C=O) groups is 1. The van der Waals surface area contributed by atoms with Gasteiger partial charge < -0.3 is 4.79 Å². The van der Waals surface area contributed by atoms with Gasteiger partial charge in [0.2, 0.25) is 0 Å². The number of nitrogens with zero attached hydrogens (tertiary/aromatic N) is 1. The van der Waals surface area contributed by atoms with Crippen molar-refractivity contribution >= 4 is 6.29 Å². The molecule has 1 heterocycles. The van der Waals surface area contributed by atoms with Gasteiger partial charge in [0.25, 0.3) is 0 Å². The second-order valence-electron chi connectivity index (χ2n) is 5.50. The van der Waals surface area contributed by atoms with Gasteiger partial charge in [0, 0.05) is 23.5 Å². The molecule has 0 N–H and O–H groups in total. The van der Waals surface area contributed by atoms with Gasteiger partial charge in [-0.1, -0.05) is 13.8 Å². The molecule has 1 saturated heterocycles. The fourth-order valence-corrected chi connectivity index (χ4v) is 2.32. The van der Waals surface area contributed by atoms with Crippen LogP contribution in [0.4, 0.5) is 0 Å². The summed E-state index contributed by atoms with van der Waals surface area (Å²) in [6.45, 7) is 11.8. The van der Waals surface area contributed by atoms with Crippen molar-refractivity contribution in [2.45, 2.75) is 52.6 Å². The predicted molar refractivity (Wildman–Crippen MR) is 54.7 cm³/mol. The molecule has 0 saturated carbocycles. The average Bonchev–Trinajstić information content (AvgIpc) is 2.61. The third-order valence-electron chi connectivity index (χ3n) is 2.88. The first kappa shape index (κ1) is 10.7. The van der Waals surface area contributed by atoms with Gasteiger partial charge in [-0.3, -0.25) is 4.90 Å². The van der Waals surface area contributed by atoms with E-state index in [1.165, 1.54) is 0 Å². The van der Waals surface area contributed by atoms with Crippen molar-refractivity contribution in [3.8, 4) is 0 Å². The zero-order valence-electron chi connectivity index (χ0n) is 9.42. The summed E-state index contributed by atoms with van der Waals surface area (Å²) in [5, 5.41) is 0. The molecule has 13 heavy (non-hydrogen) atoms. The molecular weight excluding hydrogens is 162 g/mol. The zero-order chi connectivity index (χ0) is 10.3. The highest BCUT2D eigenvalue weighted by atomic mass is 16.1. The Balaban J connectivity index is 2.53. The van der Waals surface area contributed by atoms with Crippen LogP contribution in [0.5, 0.6) is 0 Å². The molecule has 0 bridgehead atoms. The van der Waals surface area contributed by atoms with Gasteiger partial charge in [-0.25, -0.2) is 0 Å². The van der Waals surface area contributed by atoms with E-state index in [1.807, 2.05) is 13.8 Å². The molecule has 2 atom stereocenters. The molecule has 1 fully saturated rings. The summed E-state index contributed by atoms with van der Waals surface area (Å²) in [5.41, 5.74) is 0.108. The Morgan fingerprint density at radius 3 is 2.38 bits per heavy atom. The van der Waals surface area contributed by atoms with Crippen LogP contribution in [-0.2, 0) is 4.79 Å². The van der Waals surface area contributed by atoms with E-state index in [0.717, 1.165) is 19.3 Å². The van der Waals surface area contributed by atoms with Gasteiger partial charge in [-0.2, -0.15) is 0 Å². The first-order chi connectivity index (χ1) is 5.81. The lowest BCUT2D eigenvalue weighted by Crippen LogP contribution is -2.27. The van der Waals surface area contributed by atoms with E-state index in [4.69, 9.17) is 0 Å². The minimum atomic E-state index is -0.168. The molecule has 1 aliphatic rings. The molecule has 0 aromatic carbocycles. The highest BCUT2D eigenvalue weighted by Crippen LogP contribution is 2.42. The van der Waals surface area contributed by atoms with E-state index in [0.29, 0.717) is 6.04 Å². The van der Waals surface area contributed by atoms with Crippen LogP contribution in [0.1, 0.15) is 41.0 Å². The Hall–Kier alpha value is -0.370. The normalized spacial score (nSPS) is 33.5. The molecule has 0 aromatic heterocycles. The van der Waals surface area contributed by atoms with Crippen LogP contribution >= 0.6 is 0 Å². The molecule has 2 heteroatoms. The van der Waals surface area contributed by atoms with Crippen LogP contribution < -0.4 is 0 Å². The van der Waals surface area contributed by atoms with E-state index in [1.54, 1.807) is 0 Å². The summed E-state index contributed by atoms with van der Waals surface area (Å²) in [7, 11) is 0. The second kappa shape index (κ2) is 3.09. The van der Waals surface area contributed by atoms with Crippen LogP contribution in [-0.4, -0.2) is 29.3 Å². The Labute approximate surface area is 81.3 Å². The van der Waals surface area contributed by atoms with Gasteiger partial charge >= 0.3 is 0 Å². The molecule has 2 unspecified atom stereocenters. The molecule has 1 aliphatic heterocycles. The van der Waals surface area contributed by atoms with Gasteiger partial charge in [0.15, 0.2) is 0 Å². The minimum Gasteiger partial charge on any atom is -0.303 e. The molecule has 0 radical (unpaired) electrons. The van der Waals surface area contributed by atoms with Crippen molar-refractivity contribution in [1.82, 2.24) is 4.90 Å². The van der Waals surface area contributed by atoms with Crippen molar-refractivity contribution < 1.29 is 4.79 Å². The Morgan fingerprint density at radius 2 is 2.08 bits per heavy atom. The maximum Gasteiger partial charge on any atom is 0.125 e. The number of hydrogen-bond acceptors (Lipinski definition) is 2. The Kier molecular flexibility index (Phi) is 2.54. The Morgan fingerprint density at radius 1 is 1.54 bits per heavy atom. The van der Waals surface area contributed by atoms with Crippen molar-refractivity contribution in [2.75, 3.05) is 6.54 Å². The molecule has 2 nitrogen and oxygen atoms in total. The third kappa shape index (κ3) is 2.31. The van der Waals surface area contributed by atoms with E-state index in [9.17, 15) is 4.79 Å². The van der Waals surface area contributed by atoms with E-state index in [-0.39, 0.29) is 11.0 Å². The molecule has 76 valence electrons. The Bertz CT molecular complexity index is 210. The first-order valence-corrected chi connectivity index (χ1v) is 5.04. The summed E-state index contributed by atoms with van der Waals surface area (Å²) >= 11 is 0. The maximum atomic E-state index is 10.8. The van der Waals surface area contributed by atoms with Crippen LogP contribution in [0.2, 0.25) is 0 Å². The highest BCUT2D eigenvalue weighted by Gasteiger charge is 2.51. The zero-order valence-corrected chi connectivity index (χ0v) is 9.42. The predicted octanol–water partition coefficient (Wildman–Crippen LogP) is 2.08. The van der Waals surface area contributed by atoms with Crippen LogP contribution in [0.15, 0.2) is 0 Å². The lowest BCUT2D eigenvalue weighted by atomic mass is 9.84. The second-order valence-corrected chi connectivity index (χ2v) is 5.50. The number of rotatable bonds is 4. The van der Waals surface area contributed by atoms with Gasteiger partial charge in [-0.05, 0) is 27.2 Å². The van der Waals surface area contributed by atoms with Crippen LogP contribution in [0, 0.1) is 5.41 Å². The minimum absolute atomic E-state index is 0.168. The van der Waals surface area contributed by atoms with Crippen molar-refractivity contribution in [1.29, 1.82) is 0 Å². The van der Waals surface area contributed by atoms with Crippen molar-refractivity contribution in [3.63, 3.8) is 0 Å². The average molecular weight is 183 g/mol. The topological polar surface area (TPSA) is 20.1 Å². The van der Waals surface area contributed by atoms with E-state index in [2.05, 4.69) is 25.7 Å². The van der Waals surface area contributed by atoms with Crippen LogP contribution in [0.25, 0.3) is 0 Å². The van der Waals surface area contributed by atoms with Gasteiger partial charge in [-0.15, -0.1) is 0 Å². The van der Waals surface area contributed by atoms with Gasteiger partial charge in [0.05, 0.1) is 0 Å². The number of carbonyl (C=O) groups excluding carboxylic acids is 1. The summed E-state index contributed by atoms with van der Waals surface area (Å²) in [6, 6.07) is 0.604. The third-order valence-corrected chi connectivity index (χ3v) is 2.88. The largest absolute Gasteiger partial charge is 0.303 e. The van der Waals surface area contributed by atoms with Crippen LogP contribution in [0.3, 0.4) is 0 Å². The van der Waals surface area contributed by atoms with Crippen molar-refractivity contribution in [3.05, 3.63) is 0 Å². The SMILES string of the molecule is CC(C)N1CC1(C)CC(C)(C)C=O. The number of aldehydes is 1. The fourth-order valence-electron chi connectivity index (χ4n) is 2.32. The van der Waals surface area contributed by atoms with E-state index >= 15 is 0 Å². The number of hydrogen-bond donors (Lipinski definition) is 0. The smallest absolute Gasteiger partial charge is 0.125 e. The summed E-state index contributed by atoms with van der Waals surface area (Å²) in [5.74, 6) is 0. The molecule has 1 rings (SSSR count). The maximum absolute atomic E-state index is 10.8. The summed E-state index contributed by atoms with van der Waals surface area (Å²) in [6.07, 6.45) is 2.05. The standard InChI is InChI=1S/C11H21NO/c1-9(2)12-7-11(12,5)6-10(3,4)8-13/h8-9H,6-7H2,1-5H3. The molecule has 0 spiro atoms. The first-order valence-electron chi connectivity index (χ1n) is 5.04. The fraction of sp³-hybridized carbons (Fsp3) is 0.909. The lowest BCUT2D eigenvalue weighted by Gasteiger charge is -2.23. The van der Waals surface area contributed by atoms with Crippen molar-refractivity contribution in [2.24, 2.45) is 5.41 Å². The quantitative estimate of drug-likeness (QED) is 0.491. The molecule has 0 aromatic rings. The lowest BCUT2D eigenvalue weighted by molar-refractivity contribution is -0.115. The molecule has 0 aliphatic carbocycles. The molecule has 0 amide bonds. The molecular formula is C11H21NO. The van der Waals surface area contributed by atoms with Gasteiger partial charge in [0.1, 0.15) is 6.29 Å². The monoisotopic (exact) mass is 183 g/mol. The summed E-state index contributed by atoms with van der Waals surface area (Å²) in [4.78, 5) is 13.2. The van der Waals surface area contributed by atoms with E-state index < -0.39 is 0 Å². The highest BCUT2D eigenvalue weighted by molar-refractivity contribution is 5.58.